The van der Waals surface area contributed by atoms with E-state index >= 15 is 0 Å². The second-order valence-electron chi connectivity index (χ2n) is 4.52. The molecule has 1 fully saturated rings. The molecule has 0 bridgehead atoms. The topological polar surface area (TPSA) is 66.8 Å². The SMILES string of the molecule is Cc1cc(F)ccc1C1C(C(=O)O)OCC(=O)N1C. The standard InChI is InChI=1S/C13H14FNO4/c1-7-5-8(14)3-4-9(7)11-12(13(17)18)19-6-10(16)15(11)2/h3-5,11-12H,6H2,1-2H3,(H,17,18). The highest BCUT2D eigenvalue weighted by molar-refractivity contribution is 5.82. The molecule has 1 heterocycles. The Hall–Kier alpha value is -1.95. The van der Waals surface area contributed by atoms with Crippen LogP contribution in [0.15, 0.2) is 18.2 Å². The van der Waals surface area contributed by atoms with Crippen molar-refractivity contribution in [1.29, 1.82) is 0 Å². The normalized spacial score (nSPS) is 23.5. The summed E-state index contributed by atoms with van der Waals surface area (Å²) in [5.74, 6) is -1.85. The Balaban J connectivity index is 2.46. The summed E-state index contributed by atoms with van der Waals surface area (Å²) in [6, 6.07) is 3.29. The van der Waals surface area contributed by atoms with Crippen LogP contribution in [0.5, 0.6) is 0 Å². The van der Waals surface area contributed by atoms with Crippen molar-refractivity contribution in [3.63, 3.8) is 0 Å². The summed E-state index contributed by atoms with van der Waals surface area (Å²) < 4.78 is 18.2. The van der Waals surface area contributed by atoms with Crippen molar-refractivity contribution in [3.05, 3.63) is 35.1 Å². The summed E-state index contributed by atoms with van der Waals surface area (Å²) in [5.41, 5.74) is 1.16. The predicted octanol–water partition coefficient (Wildman–Crippen LogP) is 1.12. The lowest BCUT2D eigenvalue weighted by molar-refractivity contribution is -0.171. The van der Waals surface area contributed by atoms with Crippen LogP contribution >= 0.6 is 0 Å². The molecule has 1 saturated heterocycles. The van der Waals surface area contributed by atoms with E-state index in [4.69, 9.17) is 4.74 Å². The van der Waals surface area contributed by atoms with E-state index in [1.807, 2.05) is 0 Å². The van der Waals surface area contributed by atoms with Gasteiger partial charge in [-0.2, -0.15) is 0 Å². The van der Waals surface area contributed by atoms with Gasteiger partial charge in [0, 0.05) is 7.05 Å². The van der Waals surface area contributed by atoms with Crippen LogP contribution in [0.25, 0.3) is 0 Å². The zero-order valence-electron chi connectivity index (χ0n) is 10.6. The van der Waals surface area contributed by atoms with Crippen molar-refractivity contribution in [3.8, 4) is 0 Å². The van der Waals surface area contributed by atoms with Crippen LogP contribution in [0.2, 0.25) is 0 Å². The van der Waals surface area contributed by atoms with E-state index in [2.05, 4.69) is 0 Å². The first-order valence-corrected chi connectivity index (χ1v) is 5.78. The van der Waals surface area contributed by atoms with Crippen LogP contribution < -0.4 is 0 Å². The van der Waals surface area contributed by atoms with Gasteiger partial charge in [0.05, 0.1) is 6.04 Å². The molecule has 1 aromatic carbocycles. The van der Waals surface area contributed by atoms with E-state index in [-0.39, 0.29) is 12.5 Å². The molecule has 2 rings (SSSR count). The van der Waals surface area contributed by atoms with Crippen molar-refractivity contribution in [2.45, 2.75) is 19.1 Å². The Labute approximate surface area is 109 Å². The molecule has 0 aromatic heterocycles. The third-order valence-corrected chi connectivity index (χ3v) is 3.28. The Morgan fingerprint density at radius 1 is 1.53 bits per heavy atom. The van der Waals surface area contributed by atoms with Crippen molar-refractivity contribution >= 4 is 11.9 Å². The number of aryl methyl sites for hydroxylation is 1. The van der Waals surface area contributed by atoms with Gasteiger partial charge in [0.25, 0.3) is 0 Å². The number of likely N-dealkylation sites (N-methyl/N-ethyl adjacent to an activating group) is 1. The average Bonchev–Trinajstić information content (AvgIpc) is 2.33. The summed E-state index contributed by atoms with van der Waals surface area (Å²) >= 11 is 0. The fraction of sp³-hybridized carbons (Fsp3) is 0.385. The average molecular weight is 267 g/mol. The Morgan fingerprint density at radius 2 is 2.21 bits per heavy atom. The van der Waals surface area contributed by atoms with Crippen LogP contribution in [0.3, 0.4) is 0 Å². The number of amides is 1. The zero-order chi connectivity index (χ0) is 14.2. The highest BCUT2D eigenvalue weighted by atomic mass is 19.1. The van der Waals surface area contributed by atoms with Gasteiger partial charge in [-0.1, -0.05) is 6.07 Å². The maximum Gasteiger partial charge on any atom is 0.335 e. The van der Waals surface area contributed by atoms with Crippen molar-refractivity contribution < 1.29 is 23.8 Å². The molecule has 1 amide bonds. The molecule has 102 valence electrons. The number of benzene rings is 1. The van der Waals surface area contributed by atoms with Crippen molar-refractivity contribution in [2.24, 2.45) is 0 Å². The molecule has 2 atom stereocenters. The highest BCUT2D eigenvalue weighted by Crippen LogP contribution is 2.31. The van der Waals surface area contributed by atoms with Gasteiger partial charge >= 0.3 is 5.97 Å². The van der Waals surface area contributed by atoms with Crippen LogP contribution in [0, 0.1) is 12.7 Å². The Kier molecular flexibility index (Phi) is 3.53. The minimum atomic E-state index is -1.15. The molecule has 19 heavy (non-hydrogen) atoms. The number of ether oxygens (including phenoxy) is 1. The first kappa shape index (κ1) is 13.5. The quantitative estimate of drug-likeness (QED) is 0.872. The Morgan fingerprint density at radius 3 is 2.79 bits per heavy atom. The van der Waals surface area contributed by atoms with Crippen LogP contribution in [-0.4, -0.2) is 41.6 Å². The van der Waals surface area contributed by atoms with E-state index in [0.29, 0.717) is 11.1 Å². The largest absolute Gasteiger partial charge is 0.479 e. The van der Waals surface area contributed by atoms with E-state index in [0.717, 1.165) is 0 Å². The fourth-order valence-corrected chi connectivity index (χ4v) is 2.26. The fourth-order valence-electron chi connectivity index (χ4n) is 2.26. The number of carboxylic acids is 1. The smallest absolute Gasteiger partial charge is 0.335 e. The lowest BCUT2D eigenvalue weighted by Gasteiger charge is -2.37. The van der Waals surface area contributed by atoms with Crippen molar-refractivity contribution in [1.82, 2.24) is 4.90 Å². The lowest BCUT2D eigenvalue weighted by Crippen LogP contribution is -2.50. The number of hydrogen-bond acceptors (Lipinski definition) is 3. The molecule has 6 heteroatoms. The molecule has 1 aromatic rings. The highest BCUT2D eigenvalue weighted by Gasteiger charge is 2.40. The number of morpholine rings is 1. The first-order chi connectivity index (χ1) is 8.91. The van der Waals surface area contributed by atoms with E-state index in [9.17, 15) is 19.1 Å². The first-order valence-electron chi connectivity index (χ1n) is 5.78. The number of hydrogen-bond donors (Lipinski definition) is 1. The third kappa shape index (κ3) is 2.44. The number of rotatable bonds is 2. The van der Waals surface area contributed by atoms with Gasteiger partial charge in [-0.3, -0.25) is 4.79 Å². The summed E-state index contributed by atoms with van der Waals surface area (Å²) in [5, 5.41) is 9.18. The molecular formula is C13H14FNO4. The summed E-state index contributed by atoms with van der Waals surface area (Å²) in [4.78, 5) is 24.2. The molecule has 2 unspecified atom stereocenters. The molecule has 5 nitrogen and oxygen atoms in total. The molecular weight excluding hydrogens is 253 g/mol. The van der Waals surface area contributed by atoms with Gasteiger partial charge < -0.3 is 14.7 Å². The Bertz CT molecular complexity index is 531. The van der Waals surface area contributed by atoms with Crippen LogP contribution in [0.4, 0.5) is 4.39 Å². The zero-order valence-corrected chi connectivity index (χ0v) is 10.6. The molecule has 0 aliphatic carbocycles. The monoisotopic (exact) mass is 267 g/mol. The number of aliphatic carboxylic acids is 1. The van der Waals surface area contributed by atoms with Crippen molar-refractivity contribution in [2.75, 3.05) is 13.7 Å². The molecule has 1 aliphatic heterocycles. The van der Waals surface area contributed by atoms with Gasteiger partial charge in [-0.15, -0.1) is 0 Å². The second-order valence-corrected chi connectivity index (χ2v) is 4.52. The van der Waals surface area contributed by atoms with Gasteiger partial charge in [0.2, 0.25) is 5.91 Å². The van der Waals surface area contributed by atoms with E-state index in [1.165, 1.54) is 30.1 Å². The van der Waals surface area contributed by atoms with Gasteiger partial charge in [-0.25, -0.2) is 9.18 Å². The molecule has 1 N–H and O–H groups in total. The molecule has 0 spiro atoms. The van der Waals surface area contributed by atoms with Gasteiger partial charge in [0.15, 0.2) is 6.10 Å². The second kappa shape index (κ2) is 4.97. The minimum Gasteiger partial charge on any atom is -0.479 e. The van der Waals surface area contributed by atoms with Crippen LogP contribution in [-0.2, 0) is 14.3 Å². The third-order valence-electron chi connectivity index (χ3n) is 3.28. The number of carbonyl (C=O) groups excluding carboxylic acids is 1. The summed E-state index contributed by atoms with van der Waals surface area (Å²) in [7, 11) is 1.52. The lowest BCUT2D eigenvalue weighted by atomic mass is 9.94. The van der Waals surface area contributed by atoms with Crippen LogP contribution in [0.1, 0.15) is 17.2 Å². The molecule has 1 aliphatic rings. The maximum atomic E-state index is 13.1. The van der Waals surface area contributed by atoms with E-state index in [1.54, 1.807) is 6.92 Å². The van der Waals surface area contributed by atoms with Gasteiger partial charge in [-0.05, 0) is 30.2 Å². The number of carboxylic acid groups (broad SMARTS) is 1. The number of nitrogens with zero attached hydrogens (tertiary/aromatic N) is 1. The minimum absolute atomic E-state index is 0.260. The van der Waals surface area contributed by atoms with E-state index < -0.39 is 23.9 Å². The molecule has 0 saturated carbocycles. The summed E-state index contributed by atoms with van der Waals surface area (Å²) in [6.45, 7) is 1.41. The number of halogens is 1. The maximum absolute atomic E-state index is 13.1. The molecule has 0 radical (unpaired) electrons. The number of carbonyl (C=O) groups is 2. The summed E-state index contributed by atoms with van der Waals surface area (Å²) in [6.07, 6.45) is -1.15. The van der Waals surface area contributed by atoms with Gasteiger partial charge in [0.1, 0.15) is 12.4 Å². The predicted molar refractivity (Wildman–Crippen MR) is 64.0 cm³/mol.